The van der Waals surface area contributed by atoms with Crippen LogP contribution in [0.2, 0.25) is 0 Å². The van der Waals surface area contributed by atoms with E-state index in [4.69, 9.17) is 9.47 Å². The molecule has 1 saturated heterocycles. The van der Waals surface area contributed by atoms with Gasteiger partial charge in [0.1, 0.15) is 11.5 Å². The van der Waals surface area contributed by atoms with Crippen molar-refractivity contribution in [1.29, 1.82) is 0 Å². The first-order valence-electron chi connectivity index (χ1n) is 10.3. The monoisotopic (exact) mass is 407 g/mol. The number of hydrogen-bond donors (Lipinski definition) is 0. The van der Waals surface area contributed by atoms with Gasteiger partial charge in [0.2, 0.25) is 11.8 Å². The van der Waals surface area contributed by atoms with Crippen LogP contribution in [-0.2, 0) is 9.59 Å². The Kier molecular flexibility index (Phi) is 5.57. The van der Waals surface area contributed by atoms with Crippen LogP contribution in [0.5, 0.6) is 11.5 Å². The van der Waals surface area contributed by atoms with Gasteiger partial charge in [0.25, 0.3) is 0 Å². The lowest BCUT2D eigenvalue weighted by Gasteiger charge is -2.25. The standard InChI is InChI=1S/C24H25NO5/c1-15-9-10-20-21(11-15)24(28)25(23(20)27)17-6-4-8-19(13-17)30-14-22(26)16-5-3-7-18(12-16)29-2/h3-8,12-13,15,20-21H,9-11,14H2,1-2H3/t15-,20-,21+/m1/s1. The number of anilines is 1. The molecule has 2 aliphatic rings. The third kappa shape index (κ3) is 3.82. The van der Waals surface area contributed by atoms with E-state index in [1.807, 2.05) is 0 Å². The maximum absolute atomic E-state index is 12.9. The molecule has 6 heteroatoms. The second-order valence-electron chi connectivity index (χ2n) is 8.08. The smallest absolute Gasteiger partial charge is 0.237 e. The number of hydrogen-bond acceptors (Lipinski definition) is 5. The molecular weight excluding hydrogens is 382 g/mol. The molecule has 2 fully saturated rings. The topological polar surface area (TPSA) is 72.9 Å². The van der Waals surface area contributed by atoms with Gasteiger partial charge < -0.3 is 9.47 Å². The Morgan fingerprint density at radius 3 is 2.53 bits per heavy atom. The molecule has 2 aromatic rings. The van der Waals surface area contributed by atoms with Crippen molar-refractivity contribution in [1.82, 2.24) is 0 Å². The van der Waals surface area contributed by atoms with Crippen LogP contribution in [-0.4, -0.2) is 31.3 Å². The Balaban J connectivity index is 1.47. The molecule has 30 heavy (non-hydrogen) atoms. The normalized spacial score (nSPS) is 23.3. The van der Waals surface area contributed by atoms with Crippen LogP contribution in [0.15, 0.2) is 48.5 Å². The summed E-state index contributed by atoms with van der Waals surface area (Å²) in [5.74, 6) is 0.626. The lowest BCUT2D eigenvalue weighted by Crippen LogP contribution is -2.30. The van der Waals surface area contributed by atoms with E-state index in [9.17, 15) is 14.4 Å². The van der Waals surface area contributed by atoms with Gasteiger partial charge in [-0.25, -0.2) is 4.90 Å². The predicted octanol–water partition coefficient (Wildman–Crippen LogP) is 3.88. The molecule has 1 aliphatic heterocycles. The fraction of sp³-hybridized carbons (Fsp3) is 0.375. The molecule has 3 atom stereocenters. The van der Waals surface area contributed by atoms with Crippen LogP contribution in [0.3, 0.4) is 0 Å². The number of ether oxygens (including phenoxy) is 2. The number of imide groups is 1. The number of carbonyl (C=O) groups is 3. The Morgan fingerprint density at radius 1 is 1.00 bits per heavy atom. The minimum absolute atomic E-state index is 0.124. The first-order chi connectivity index (χ1) is 14.5. The van der Waals surface area contributed by atoms with E-state index in [1.165, 1.54) is 4.90 Å². The van der Waals surface area contributed by atoms with Crippen molar-refractivity contribution in [2.45, 2.75) is 26.2 Å². The summed E-state index contributed by atoms with van der Waals surface area (Å²) in [5, 5.41) is 0. The number of ketones is 1. The number of amides is 2. The molecule has 0 unspecified atom stereocenters. The molecule has 6 nitrogen and oxygen atoms in total. The maximum atomic E-state index is 12.9. The first kappa shape index (κ1) is 20.1. The quantitative estimate of drug-likeness (QED) is 0.537. The Hall–Kier alpha value is -3.15. The van der Waals surface area contributed by atoms with Gasteiger partial charge in [-0.1, -0.05) is 25.1 Å². The summed E-state index contributed by atoms with van der Waals surface area (Å²) in [6.45, 7) is 1.98. The zero-order valence-electron chi connectivity index (χ0n) is 17.2. The lowest BCUT2D eigenvalue weighted by atomic mass is 9.76. The molecule has 1 saturated carbocycles. The van der Waals surface area contributed by atoms with E-state index in [-0.39, 0.29) is 36.0 Å². The number of fused-ring (bicyclic) bond motifs is 1. The van der Waals surface area contributed by atoms with E-state index >= 15 is 0 Å². The molecule has 156 valence electrons. The average molecular weight is 407 g/mol. The van der Waals surface area contributed by atoms with E-state index in [2.05, 4.69) is 6.92 Å². The van der Waals surface area contributed by atoms with Crippen molar-refractivity contribution in [2.75, 3.05) is 18.6 Å². The van der Waals surface area contributed by atoms with Gasteiger partial charge in [0.15, 0.2) is 12.4 Å². The summed E-state index contributed by atoms with van der Waals surface area (Å²) in [6, 6.07) is 13.7. The highest BCUT2D eigenvalue weighted by atomic mass is 16.5. The van der Waals surface area contributed by atoms with Crippen molar-refractivity contribution in [2.24, 2.45) is 17.8 Å². The van der Waals surface area contributed by atoms with Crippen molar-refractivity contribution in [3.8, 4) is 11.5 Å². The molecular formula is C24H25NO5. The summed E-state index contributed by atoms with van der Waals surface area (Å²) in [6.07, 6.45) is 2.50. The molecule has 2 amide bonds. The molecule has 1 heterocycles. The van der Waals surface area contributed by atoms with Gasteiger partial charge >= 0.3 is 0 Å². The molecule has 0 aromatic heterocycles. The molecule has 0 bridgehead atoms. The van der Waals surface area contributed by atoms with Crippen LogP contribution >= 0.6 is 0 Å². The van der Waals surface area contributed by atoms with Crippen LogP contribution in [0.25, 0.3) is 0 Å². The van der Waals surface area contributed by atoms with Gasteiger partial charge in [-0.2, -0.15) is 0 Å². The van der Waals surface area contributed by atoms with Gasteiger partial charge in [-0.3, -0.25) is 14.4 Å². The number of nitrogens with zero attached hydrogens (tertiary/aromatic N) is 1. The Labute approximate surface area is 175 Å². The average Bonchev–Trinajstić information content (AvgIpc) is 3.01. The third-order valence-electron chi connectivity index (χ3n) is 6.03. The second-order valence-corrected chi connectivity index (χ2v) is 8.08. The zero-order valence-corrected chi connectivity index (χ0v) is 17.2. The number of Topliss-reactive ketones (excluding diaryl/α,β-unsaturated/α-hetero) is 1. The molecule has 0 N–H and O–H groups in total. The van der Waals surface area contributed by atoms with Gasteiger partial charge in [0.05, 0.1) is 24.6 Å². The fourth-order valence-corrected chi connectivity index (χ4v) is 4.39. The maximum Gasteiger partial charge on any atom is 0.237 e. The highest BCUT2D eigenvalue weighted by Gasteiger charge is 2.50. The van der Waals surface area contributed by atoms with E-state index < -0.39 is 0 Å². The summed E-state index contributed by atoms with van der Waals surface area (Å²) in [4.78, 5) is 39.5. The first-order valence-corrected chi connectivity index (χ1v) is 10.3. The SMILES string of the molecule is COc1cccc(C(=O)COc2cccc(N3C(=O)[C@H]4C[C@H](C)CC[C@H]4C3=O)c2)c1. The highest BCUT2D eigenvalue weighted by Crippen LogP contribution is 2.42. The summed E-state index contributed by atoms with van der Waals surface area (Å²) < 4.78 is 10.8. The Bertz CT molecular complexity index is 985. The second kappa shape index (κ2) is 8.30. The number of methoxy groups -OCH3 is 1. The fourth-order valence-electron chi connectivity index (χ4n) is 4.39. The molecule has 0 spiro atoms. The van der Waals surface area contributed by atoms with Crippen LogP contribution in [0.4, 0.5) is 5.69 Å². The van der Waals surface area contributed by atoms with Crippen molar-refractivity contribution >= 4 is 23.3 Å². The van der Waals surface area contributed by atoms with Crippen molar-refractivity contribution in [3.05, 3.63) is 54.1 Å². The van der Waals surface area contributed by atoms with Gasteiger partial charge in [-0.15, -0.1) is 0 Å². The Morgan fingerprint density at radius 2 is 1.73 bits per heavy atom. The molecule has 0 radical (unpaired) electrons. The predicted molar refractivity (Wildman–Crippen MR) is 112 cm³/mol. The largest absolute Gasteiger partial charge is 0.497 e. The van der Waals surface area contributed by atoms with Gasteiger partial charge in [0, 0.05) is 11.6 Å². The number of benzene rings is 2. The number of rotatable bonds is 6. The summed E-state index contributed by atoms with van der Waals surface area (Å²) in [5.41, 5.74) is 0.993. The van der Waals surface area contributed by atoms with Crippen LogP contribution < -0.4 is 14.4 Å². The van der Waals surface area contributed by atoms with E-state index in [0.29, 0.717) is 28.7 Å². The summed E-state index contributed by atoms with van der Waals surface area (Å²) >= 11 is 0. The van der Waals surface area contributed by atoms with Crippen LogP contribution in [0, 0.1) is 17.8 Å². The zero-order chi connectivity index (χ0) is 21.3. The van der Waals surface area contributed by atoms with Crippen LogP contribution in [0.1, 0.15) is 36.5 Å². The molecule has 1 aliphatic carbocycles. The molecule has 4 rings (SSSR count). The van der Waals surface area contributed by atoms with Crippen molar-refractivity contribution in [3.63, 3.8) is 0 Å². The van der Waals surface area contributed by atoms with Gasteiger partial charge in [-0.05, 0) is 49.4 Å². The minimum Gasteiger partial charge on any atom is -0.497 e. The minimum atomic E-state index is -0.222. The molecule has 2 aromatic carbocycles. The highest BCUT2D eigenvalue weighted by molar-refractivity contribution is 6.22. The number of carbonyl (C=O) groups excluding carboxylic acids is 3. The summed E-state index contributed by atoms with van der Waals surface area (Å²) in [7, 11) is 1.54. The lowest BCUT2D eigenvalue weighted by molar-refractivity contribution is -0.122. The third-order valence-corrected chi connectivity index (χ3v) is 6.03. The van der Waals surface area contributed by atoms with Crippen molar-refractivity contribution < 1.29 is 23.9 Å². The van der Waals surface area contributed by atoms with E-state index in [0.717, 1.165) is 19.3 Å². The van der Waals surface area contributed by atoms with E-state index in [1.54, 1.807) is 55.6 Å².